The van der Waals surface area contributed by atoms with Gasteiger partial charge >= 0.3 is 0 Å². The second-order valence-corrected chi connectivity index (χ2v) is 5.18. The van der Waals surface area contributed by atoms with Crippen molar-refractivity contribution < 1.29 is 0 Å². The first kappa shape index (κ1) is 9.43. The van der Waals surface area contributed by atoms with Gasteiger partial charge in [-0.3, -0.25) is 4.72 Å². The first-order valence-corrected chi connectivity index (χ1v) is 6.33. The quantitative estimate of drug-likeness (QED) is 0.786. The predicted octanol–water partition coefficient (Wildman–Crippen LogP) is 2.47. The maximum Gasteiger partial charge on any atom is 0.188 e. The van der Waals surface area contributed by atoms with E-state index in [9.17, 15) is 0 Å². The Balaban J connectivity index is 1.72. The van der Waals surface area contributed by atoms with E-state index in [1.165, 1.54) is 32.1 Å². The Morgan fingerprint density at radius 1 is 1.38 bits per heavy atom. The van der Waals surface area contributed by atoms with E-state index in [1.807, 2.05) is 0 Å². The van der Waals surface area contributed by atoms with Gasteiger partial charge in [0.05, 0.1) is 0 Å². The normalized spacial score (nSPS) is 19.1. The van der Waals surface area contributed by atoms with E-state index in [2.05, 4.69) is 14.9 Å². The Morgan fingerprint density at radius 3 is 2.92 bits per heavy atom. The standard InChI is InChI=1S/C8H13N3S2/c1-2-4-7(5-3-1)11-13-8-10-9-6-12-8/h6-7,11H,1-5H2. The third-order valence-corrected chi connectivity index (χ3v) is 3.99. The fourth-order valence-corrected chi connectivity index (χ4v) is 2.90. The fraction of sp³-hybridized carbons (Fsp3) is 0.750. The molecule has 1 saturated carbocycles. The SMILES string of the molecule is c1nnc(SNC2CCCCC2)s1. The molecule has 0 unspecified atom stereocenters. The number of aromatic nitrogens is 2. The zero-order chi connectivity index (χ0) is 8.93. The lowest BCUT2D eigenvalue weighted by Gasteiger charge is -2.21. The van der Waals surface area contributed by atoms with E-state index in [0.29, 0.717) is 6.04 Å². The van der Waals surface area contributed by atoms with Crippen LogP contribution in [0.5, 0.6) is 0 Å². The minimum absolute atomic E-state index is 0.683. The molecule has 1 N–H and O–H groups in total. The van der Waals surface area contributed by atoms with E-state index in [1.54, 1.807) is 28.8 Å². The first-order valence-electron chi connectivity index (χ1n) is 4.64. The van der Waals surface area contributed by atoms with Crippen molar-refractivity contribution in [3.05, 3.63) is 5.51 Å². The molecule has 3 nitrogen and oxygen atoms in total. The molecule has 2 rings (SSSR count). The summed E-state index contributed by atoms with van der Waals surface area (Å²) in [6.07, 6.45) is 6.77. The van der Waals surface area contributed by atoms with Gasteiger partial charge in [0.25, 0.3) is 0 Å². The van der Waals surface area contributed by atoms with Crippen molar-refractivity contribution in [3.8, 4) is 0 Å². The molecule has 1 fully saturated rings. The molecule has 0 aliphatic heterocycles. The van der Waals surface area contributed by atoms with Gasteiger partial charge in [0.1, 0.15) is 5.51 Å². The van der Waals surface area contributed by atoms with E-state index in [0.717, 1.165) is 4.34 Å². The largest absolute Gasteiger partial charge is 0.255 e. The number of nitrogens with one attached hydrogen (secondary N) is 1. The van der Waals surface area contributed by atoms with Gasteiger partial charge in [-0.05, 0) is 24.8 Å². The van der Waals surface area contributed by atoms with E-state index in [-0.39, 0.29) is 0 Å². The number of hydrogen-bond acceptors (Lipinski definition) is 5. The molecular formula is C8H13N3S2. The van der Waals surface area contributed by atoms with Gasteiger partial charge in [0.15, 0.2) is 4.34 Å². The Labute approximate surface area is 86.5 Å². The van der Waals surface area contributed by atoms with Crippen LogP contribution in [0, 0.1) is 0 Å². The summed E-state index contributed by atoms with van der Waals surface area (Å²) < 4.78 is 4.47. The molecular weight excluding hydrogens is 202 g/mol. The molecule has 1 aromatic heterocycles. The van der Waals surface area contributed by atoms with Crippen molar-refractivity contribution in [1.82, 2.24) is 14.9 Å². The van der Waals surface area contributed by atoms with Crippen LogP contribution in [-0.2, 0) is 0 Å². The van der Waals surface area contributed by atoms with Crippen LogP contribution in [0.25, 0.3) is 0 Å². The van der Waals surface area contributed by atoms with Gasteiger partial charge in [-0.1, -0.05) is 30.6 Å². The fourth-order valence-electron chi connectivity index (χ4n) is 1.56. The molecule has 1 aromatic rings. The van der Waals surface area contributed by atoms with Crippen LogP contribution in [0.4, 0.5) is 0 Å². The van der Waals surface area contributed by atoms with Gasteiger partial charge in [-0.15, -0.1) is 10.2 Å². The summed E-state index contributed by atoms with van der Waals surface area (Å²) in [5, 5.41) is 7.76. The summed E-state index contributed by atoms with van der Waals surface area (Å²) in [6, 6.07) is 0.683. The molecule has 1 aliphatic carbocycles. The van der Waals surface area contributed by atoms with Crippen LogP contribution >= 0.6 is 23.3 Å². The molecule has 0 atom stereocenters. The van der Waals surface area contributed by atoms with Crippen LogP contribution in [0.2, 0.25) is 0 Å². The van der Waals surface area contributed by atoms with Gasteiger partial charge < -0.3 is 0 Å². The van der Waals surface area contributed by atoms with E-state index < -0.39 is 0 Å². The van der Waals surface area contributed by atoms with E-state index >= 15 is 0 Å². The zero-order valence-electron chi connectivity index (χ0n) is 7.40. The van der Waals surface area contributed by atoms with Crippen molar-refractivity contribution in [2.75, 3.05) is 0 Å². The topological polar surface area (TPSA) is 37.8 Å². The second-order valence-electron chi connectivity index (χ2n) is 3.26. The van der Waals surface area contributed by atoms with Gasteiger partial charge in [-0.2, -0.15) is 0 Å². The summed E-state index contributed by atoms with van der Waals surface area (Å²) >= 11 is 3.22. The monoisotopic (exact) mass is 215 g/mol. The molecule has 5 heteroatoms. The van der Waals surface area contributed by atoms with Crippen LogP contribution in [-0.4, -0.2) is 16.2 Å². The molecule has 0 radical (unpaired) electrons. The van der Waals surface area contributed by atoms with Crippen molar-refractivity contribution in [2.45, 2.75) is 42.5 Å². The lowest BCUT2D eigenvalue weighted by molar-refractivity contribution is 0.423. The van der Waals surface area contributed by atoms with Crippen molar-refractivity contribution in [1.29, 1.82) is 0 Å². The third kappa shape index (κ3) is 2.93. The zero-order valence-corrected chi connectivity index (χ0v) is 9.03. The van der Waals surface area contributed by atoms with Crippen LogP contribution in [0.1, 0.15) is 32.1 Å². The number of hydrogen-bond donors (Lipinski definition) is 1. The first-order chi connectivity index (χ1) is 6.45. The Hall–Kier alpha value is -0.130. The average molecular weight is 215 g/mol. The summed E-state index contributed by atoms with van der Waals surface area (Å²) in [5.41, 5.74) is 1.77. The summed E-state index contributed by atoms with van der Waals surface area (Å²) in [5.74, 6) is 0. The summed E-state index contributed by atoms with van der Waals surface area (Å²) in [6.45, 7) is 0. The minimum Gasteiger partial charge on any atom is -0.255 e. The Morgan fingerprint density at radius 2 is 2.23 bits per heavy atom. The third-order valence-electron chi connectivity index (χ3n) is 2.26. The molecule has 0 saturated heterocycles. The highest BCUT2D eigenvalue weighted by molar-refractivity contribution is 7.99. The molecule has 1 heterocycles. The highest BCUT2D eigenvalue weighted by atomic mass is 32.2. The second kappa shape index (κ2) is 4.93. The smallest absolute Gasteiger partial charge is 0.188 e. The highest BCUT2D eigenvalue weighted by Crippen LogP contribution is 2.22. The number of nitrogens with zero attached hydrogens (tertiary/aromatic N) is 2. The molecule has 0 aromatic carbocycles. The lowest BCUT2D eigenvalue weighted by atomic mass is 9.96. The van der Waals surface area contributed by atoms with E-state index in [4.69, 9.17) is 0 Å². The maximum atomic E-state index is 3.97. The minimum atomic E-state index is 0.683. The van der Waals surface area contributed by atoms with Crippen molar-refractivity contribution in [3.63, 3.8) is 0 Å². The Kier molecular flexibility index (Phi) is 3.57. The molecule has 13 heavy (non-hydrogen) atoms. The van der Waals surface area contributed by atoms with Crippen molar-refractivity contribution >= 4 is 23.3 Å². The van der Waals surface area contributed by atoms with Gasteiger partial charge in [0.2, 0.25) is 0 Å². The predicted molar refractivity (Wildman–Crippen MR) is 55.8 cm³/mol. The summed E-state index contributed by atoms with van der Waals surface area (Å²) in [7, 11) is 0. The van der Waals surface area contributed by atoms with Gasteiger partial charge in [0, 0.05) is 6.04 Å². The molecule has 72 valence electrons. The Bertz CT molecular complexity index is 232. The summed E-state index contributed by atoms with van der Waals surface area (Å²) in [4.78, 5) is 0. The van der Waals surface area contributed by atoms with Crippen LogP contribution in [0.3, 0.4) is 0 Å². The molecule has 1 aliphatic rings. The number of rotatable bonds is 3. The lowest BCUT2D eigenvalue weighted by Crippen LogP contribution is -2.25. The van der Waals surface area contributed by atoms with Crippen LogP contribution < -0.4 is 4.72 Å². The average Bonchev–Trinajstić information content (AvgIpc) is 2.69. The molecule has 0 amide bonds. The van der Waals surface area contributed by atoms with Crippen LogP contribution in [0.15, 0.2) is 9.85 Å². The maximum absolute atomic E-state index is 3.97. The van der Waals surface area contributed by atoms with Crippen molar-refractivity contribution in [2.24, 2.45) is 0 Å². The molecule has 0 spiro atoms. The van der Waals surface area contributed by atoms with Gasteiger partial charge in [-0.25, -0.2) is 0 Å². The highest BCUT2D eigenvalue weighted by Gasteiger charge is 2.13. The molecule has 0 bridgehead atoms.